The summed E-state index contributed by atoms with van der Waals surface area (Å²) in [5.74, 6) is 1.58. The van der Waals surface area contributed by atoms with Gasteiger partial charge in [0.05, 0.1) is 11.9 Å². The molecular formula is C13H13ClN2O. The molecule has 1 heterocycles. The SMILES string of the molecule is Cc1ccc(/C=N/Nc2ccc(C)c(Cl)c2)o1. The fourth-order valence-electron chi connectivity index (χ4n) is 1.36. The van der Waals surface area contributed by atoms with E-state index in [2.05, 4.69) is 10.5 Å². The van der Waals surface area contributed by atoms with Crippen LogP contribution >= 0.6 is 11.6 Å². The molecule has 1 aromatic carbocycles. The number of nitrogens with zero attached hydrogens (tertiary/aromatic N) is 1. The van der Waals surface area contributed by atoms with Gasteiger partial charge in [0.25, 0.3) is 0 Å². The van der Waals surface area contributed by atoms with Gasteiger partial charge in [-0.2, -0.15) is 5.10 Å². The van der Waals surface area contributed by atoms with Crippen LogP contribution in [-0.4, -0.2) is 6.21 Å². The lowest BCUT2D eigenvalue weighted by atomic mass is 10.2. The highest BCUT2D eigenvalue weighted by molar-refractivity contribution is 6.31. The summed E-state index contributed by atoms with van der Waals surface area (Å²) in [6, 6.07) is 9.46. The molecule has 0 aliphatic rings. The number of nitrogens with one attached hydrogen (secondary N) is 1. The van der Waals surface area contributed by atoms with Crippen molar-refractivity contribution in [1.29, 1.82) is 0 Å². The van der Waals surface area contributed by atoms with E-state index in [4.69, 9.17) is 16.0 Å². The summed E-state index contributed by atoms with van der Waals surface area (Å²) in [4.78, 5) is 0. The van der Waals surface area contributed by atoms with Crippen molar-refractivity contribution in [1.82, 2.24) is 0 Å². The zero-order chi connectivity index (χ0) is 12.3. The molecule has 2 rings (SSSR count). The molecule has 0 spiro atoms. The maximum Gasteiger partial charge on any atom is 0.147 e. The zero-order valence-corrected chi connectivity index (χ0v) is 10.5. The van der Waals surface area contributed by atoms with Crippen molar-refractivity contribution in [3.63, 3.8) is 0 Å². The van der Waals surface area contributed by atoms with Crippen LogP contribution in [-0.2, 0) is 0 Å². The Morgan fingerprint density at radius 1 is 1.24 bits per heavy atom. The smallest absolute Gasteiger partial charge is 0.147 e. The van der Waals surface area contributed by atoms with E-state index in [-0.39, 0.29) is 0 Å². The van der Waals surface area contributed by atoms with Gasteiger partial charge in [-0.3, -0.25) is 5.43 Å². The van der Waals surface area contributed by atoms with Gasteiger partial charge >= 0.3 is 0 Å². The molecule has 2 aromatic rings. The monoisotopic (exact) mass is 248 g/mol. The molecule has 4 heteroatoms. The molecule has 88 valence electrons. The van der Waals surface area contributed by atoms with Gasteiger partial charge in [0.15, 0.2) is 0 Å². The Kier molecular flexibility index (Phi) is 3.49. The van der Waals surface area contributed by atoms with Crippen molar-refractivity contribution in [2.75, 3.05) is 5.43 Å². The van der Waals surface area contributed by atoms with E-state index in [9.17, 15) is 0 Å². The molecule has 0 bridgehead atoms. The molecule has 1 aromatic heterocycles. The van der Waals surface area contributed by atoms with Gasteiger partial charge in [-0.05, 0) is 43.7 Å². The Hall–Kier alpha value is -1.74. The zero-order valence-electron chi connectivity index (χ0n) is 9.70. The normalized spacial score (nSPS) is 11.0. The van der Waals surface area contributed by atoms with Gasteiger partial charge in [-0.15, -0.1) is 0 Å². The number of anilines is 1. The summed E-state index contributed by atoms with van der Waals surface area (Å²) < 4.78 is 5.35. The number of furan rings is 1. The highest BCUT2D eigenvalue weighted by Crippen LogP contribution is 2.19. The van der Waals surface area contributed by atoms with E-state index in [1.54, 1.807) is 6.21 Å². The minimum absolute atomic E-state index is 0.716. The van der Waals surface area contributed by atoms with Crippen LogP contribution in [0.4, 0.5) is 5.69 Å². The molecule has 1 N–H and O–H groups in total. The summed E-state index contributed by atoms with van der Waals surface area (Å²) in [7, 11) is 0. The quantitative estimate of drug-likeness (QED) is 0.659. The maximum absolute atomic E-state index is 6.00. The topological polar surface area (TPSA) is 37.5 Å². The highest BCUT2D eigenvalue weighted by Gasteiger charge is 1.96. The van der Waals surface area contributed by atoms with Crippen molar-refractivity contribution in [2.45, 2.75) is 13.8 Å². The number of benzene rings is 1. The molecule has 0 saturated carbocycles. The predicted molar refractivity (Wildman–Crippen MR) is 70.9 cm³/mol. The molecular weight excluding hydrogens is 236 g/mol. The van der Waals surface area contributed by atoms with Crippen LogP contribution in [0.3, 0.4) is 0 Å². The van der Waals surface area contributed by atoms with Crippen LogP contribution in [0.2, 0.25) is 5.02 Å². The predicted octanol–water partition coefficient (Wildman–Crippen LogP) is 4.00. The Morgan fingerprint density at radius 3 is 2.71 bits per heavy atom. The van der Waals surface area contributed by atoms with E-state index in [0.29, 0.717) is 5.76 Å². The van der Waals surface area contributed by atoms with E-state index < -0.39 is 0 Å². The molecule has 0 unspecified atom stereocenters. The summed E-state index contributed by atoms with van der Waals surface area (Å²) in [6.45, 7) is 3.85. The number of hydrogen-bond donors (Lipinski definition) is 1. The molecule has 17 heavy (non-hydrogen) atoms. The highest BCUT2D eigenvalue weighted by atomic mass is 35.5. The lowest BCUT2D eigenvalue weighted by Gasteiger charge is -2.02. The molecule has 0 aliphatic heterocycles. The van der Waals surface area contributed by atoms with Crippen molar-refractivity contribution < 1.29 is 4.42 Å². The number of rotatable bonds is 3. The largest absolute Gasteiger partial charge is 0.460 e. The second-order valence-electron chi connectivity index (χ2n) is 3.78. The van der Waals surface area contributed by atoms with Crippen molar-refractivity contribution in [2.24, 2.45) is 5.10 Å². The van der Waals surface area contributed by atoms with Crippen LogP contribution in [0, 0.1) is 13.8 Å². The lowest BCUT2D eigenvalue weighted by molar-refractivity contribution is 0.528. The van der Waals surface area contributed by atoms with Crippen LogP contribution in [0.25, 0.3) is 0 Å². The Morgan fingerprint density at radius 2 is 2.06 bits per heavy atom. The Bertz CT molecular complexity index is 546. The third-order valence-electron chi connectivity index (χ3n) is 2.32. The second-order valence-corrected chi connectivity index (χ2v) is 4.19. The van der Waals surface area contributed by atoms with Gasteiger partial charge in [-0.25, -0.2) is 0 Å². The van der Waals surface area contributed by atoms with Crippen LogP contribution < -0.4 is 5.43 Å². The Balaban J connectivity index is 2.02. The molecule has 0 atom stereocenters. The van der Waals surface area contributed by atoms with Crippen LogP contribution in [0.5, 0.6) is 0 Å². The van der Waals surface area contributed by atoms with Crippen molar-refractivity contribution >= 4 is 23.5 Å². The fourth-order valence-corrected chi connectivity index (χ4v) is 1.54. The van der Waals surface area contributed by atoms with Crippen LogP contribution in [0.15, 0.2) is 39.9 Å². The number of hydrogen-bond acceptors (Lipinski definition) is 3. The van der Waals surface area contributed by atoms with Crippen molar-refractivity contribution in [3.05, 3.63) is 52.4 Å². The van der Waals surface area contributed by atoms with E-state index in [0.717, 1.165) is 22.0 Å². The first kappa shape index (κ1) is 11.7. The number of hydrazone groups is 1. The summed E-state index contributed by atoms with van der Waals surface area (Å²) in [5, 5.41) is 4.79. The minimum Gasteiger partial charge on any atom is -0.460 e. The number of halogens is 1. The second kappa shape index (κ2) is 5.06. The van der Waals surface area contributed by atoms with Gasteiger partial charge in [-0.1, -0.05) is 17.7 Å². The molecule has 0 radical (unpaired) electrons. The van der Waals surface area contributed by atoms with Crippen LogP contribution in [0.1, 0.15) is 17.1 Å². The molecule has 3 nitrogen and oxygen atoms in total. The minimum atomic E-state index is 0.716. The Labute approximate surface area is 105 Å². The first-order chi connectivity index (χ1) is 8.15. The third kappa shape index (κ3) is 3.11. The summed E-state index contributed by atoms with van der Waals surface area (Å²) in [5.41, 5.74) is 4.79. The van der Waals surface area contributed by atoms with E-state index in [1.807, 2.05) is 44.2 Å². The first-order valence-corrected chi connectivity index (χ1v) is 5.64. The van der Waals surface area contributed by atoms with Gasteiger partial charge < -0.3 is 4.42 Å². The average molecular weight is 249 g/mol. The average Bonchev–Trinajstić information content (AvgIpc) is 2.70. The standard InChI is InChI=1S/C13H13ClN2O/c1-9-3-5-11(7-13(9)14)16-15-8-12-6-4-10(2)17-12/h3-8,16H,1-2H3/b15-8+. The van der Waals surface area contributed by atoms with Crippen molar-refractivity contribution in [3.8, 4) is 0 Å². The fraction of sp³-hybridized carbons (Fsp3) is 0.154. The molecule has 0 amide bonds. The summed E-state index contributed by atoms with van der Waals surface area (Å²) in [6.07, 6.45) is 1.63. The third-order valence-corrected chi connectivity index (χ3v) is 2.73. The maximum atomic E-state index is 6.00. The summed E-state index contributed by atoms with van der Waals surface area (Å²) >= 11 is 6.00. The van der Waals surface area contributed by atoms with E-state index >= 15 is 0 Å². The van der Waals surface area contributed by atoms with Gasteiger partial charge in [0, 0.05) is 5.02 Å². The molecule has 0 saturated heterocycles. The van der Waals surface area contributed by atoms with E-state index in [1.165, 1.54) is 0 Å². The first-order valence-electron chi connectivity index (χ1n) is 5.27. The number of aryl methyl sites for hydroxylation is 2. The molecule has 0 fully saturated rings. The van der Waals surface area contributed by atoms with Gasteiger partial charge in [0.2, 0.25) is 0 Å². The lowest BCUT2D eigenvalue weighted by Crippen LogP contribution is -1.90. The van der Waals surface area contributed by atoms with Gasteiger partial charge in [0.1, 0.15) is 11.5 Å². The molecule has 0 aliphatic carbocycles.